The maximum absolute atomic E-state index is 10.9. The summed E-state index contributed by atoms with van der Waals surface area (Å²) >= 11 is 5.74. The molecule has 1 rings (SSSR count). The molecule has 0 unspecified atom stereocenters. The first-order valence-corrected chi connectivity index (χ1v) is 5.25. The van der Waals surface area contributed by atoms with E-state index >= 15 is 0 Å². The van der Waals surface area contributed by atoms with Gasteiger partial charge in [0.15, 0.2) is 0 Å². The zero-order valence-corrected chi connectivity index (χ0v) is 10.2. The smallest absolute Gasteiger partial charge is 0.273 e. The van der Waals surface area contributed by atoms with Crippen LogP contribution in [0.15, 0.2) is 23.2 Å². The highest BCUT2D eigenvalue weighted by atomic mass is 35.5. The van der Waals surface area contributed by atoms with E-state index in [1.165, 1.54) is 25.1 Å². The van der Waals surface area contributed by atoms with Crippen LogP contribution in [-0.4, -0.2) is 16.4 Å². The number of carbonyl (C=O) groups is 1. The number of nitro benzene ring substituents is 1. The molecule has 0 aliphatic carbocycles. The number of nitro groups is 1. The highest BCUT2D eigenvalue weighted by molar-refractivity contribution is 6.31. The molecule has 17 heavy (non-hydrogen) atoms. The number of carbonyl (C=O) groups excluding carboxylic acids is 1. The summed E-state index contributed by atoms with van der Waals surface area (Å²) in [6.45, 7) is 3.15. The molecular weight excluding hydrogens is 244 g/mol. The largest absolute Gasteiger partial charge is 0.300 e. The standard InChI is InChI=1S/C11H11ClN2O3/c1-7(3-8(2)15)13-10-4-9(12)5-11(6-10)14(16)17/h4-6H,3H2,1-2H3. The second-order valence-electron chi connectivity index (χ2n) is 3.65. The summed E-state index contributed by atoms with van der Waals surface area (Å²) in [4.78, 5) is 25.1. The number of ketones is 1. The average molecular weight is 255 g/mol. The number of aliphatic imine (C=N–C) groups is 1. The molecule has 0 aromatic heterocycles. The summed E-state index contributed by atoms with van der Waals surface area (Å²) in [5.41, 5.74) is 0.851. The molecule has 0 saturated heterocycles. The van der Waals surface area contributed by atoms with Crippen molar-refractivity contribution in [1.82, 2.24) is 0 Å². The van der Waals surface area contributed by atoms with Crippen LogP contribution in [0.3, 0.4) is 0 Å². The van der Waals surface area contributed by atoms with Gasteiger partial charge in [0.1, 0.15) is 5.78 Å². The fourth-order valence-electron chi connectivity index (χ4n) is 1.35. The summed E-state index contributed by atoms with van der Waals surface area (Å²) in [5, 5.41) is 10.9. The first-order valence-electron chi connectivity index (χ1n) is 4.87. The van der Waals surface area contributed by atoms with E-state index in [4.69, 9.17) is 11.6 Å². The van der Waals surface area contributed by atoms with E-state index in [0.29, 0.717) is 11.4 Å². The number of benzene rings is 1. The minimum Gasteiger partial charge on any atom is -0.300 e. The van der Waals surface area contributed by atoms with Gasteiger partial charge in [0.25, 0.3) is 5.69 Å². The van der Waals surface area contributed by atoms with Gasteiger partial charge in [0.05, 0.1) is 10.6 Å². The van der Waals surface area contributed by atoms with Crippen molar-refractivity contribution in [3.8, 4) is 0 Å². The van der Waals surface area contributed by atoms with Crippen molar-refractivity contribution in [1.29, 1.82) is 0 Å². The van der Waals surface area contributed by atoms with Gasteiger partial charge in [-0.1, -0.05) is 11.6 Å². The highest BCUT2D eigenvalue weighted by Gasteiger charge is 2.08. The maximum Gasteiger partial charge on any atom is 0.273 e. The van der Waals surface area contributed by atoms with Crippen LogP contribution in [0.25, 0.3) is 0 Å². The van der Waals surface area contributed by atoms with Crippen LogP contribution in [-0.2, 0) is 4.79 Å². The zero-order chi connectivity index (χ0) is 13.0. The number of hydrogen-bond donors (Lipinski definition) is 0. The minimum absolute atomic E-state index is 0.0113. The van der Waals surface area contributed by atoms with Gasteiger partial charge in [-0.15, -0.1) is 0 Å². The van der Waals surface area contributed by atoms with Crippen LogP contribution < -0.4 is 0 Å². The van der Waals surface area contributed by atoms with Crippen molar-refractivity contribution in [3.05, 3.63) is 33.3 Å². The van der Waals surface area contributed by atoms with E-state index in [9.17, 15) is 14.9 Å². The third kappa shape index (κ3) is 4.32. The van der Waals surface area contributed by atoms with E-state index < -0.39 is 4.92 Å². The third-order valence-electron chi connectivity index (χ3n) is 1.90. The van der Waals surface area contributed by atoms with Crippen LogP contribution in [0, 0.1) is 10.1 Å². The van der Waals surface area contributed by atoms with Crippen molar-refractivity contribution in [2.24, 2.45) is 4.99 Å². The fraction of sp³-hybridized carbons (Fsp3) is 0.273. The second kappa shape index (κ2) is 5.54. The SMILES string of the molecule is CC(=O)CC(C)=Nc1cc(Cl)cc([N+](=O)[O-])c1. The van der Waals surface area contributed by atoms with Gasteiger partial charge in [0.2, 0.25) is 0 Å². The Kier molecular flexibility index (Phi) is 4.34. The molecule has 0 amide bonds. The van der Waals surface area contributed by atoms with Gasteiger partial charge >= 0.3 is 0 Å². The monoisotopic (exact) mass is 254 g/mol. The van der Waals surface area contributed by atoms with Gasteiger partial charge in [-0.3, -0.25) is 19.9 Å². The maximum atomic E-state index is 10.9. The molecule has 0 radical (unpaired) electrons. The molecule has 0 spiro atoms. The fourth-order valence-corrected chi connectivity index (χ4v) is 1.57. The third-order valence-corrected chi connectivity index (χ3v) is 2.12. The molecule has 1 aromatic rings. The normalized spacial score (nSPS) is 11.4. The average Bonchev–Trinajstić information content (AvgIpc) is 2.14. The number of halogens is 1. The Morgan fingerprint density at radius 2 is 2.06 bits per heavy atom. The van der Waals surface area contributed by atoms with E-state index in [2.05, 4.69) is 4.99 Å². The predicted molar refractivity (Wildman–Crippen MR) is 66.2 cm³/mol. The lowest BCUT2D eigenvalue weighted by Gasteiger charge is -1.99. The van der Waals surface area contributed by atoms with E-state index in [1.54, 1.807) is 6.92 Å². The van der Waals surface area contributed by atoms with Gasteiger partial charge in [0, 0.05) is 29.3 Å². The molecule has 0 fully saturated rings. The van der Waals surface area contributed by atoms with Crippen molar-refractivity contribution in [2.75, 3.05) is 0 Å². The van der Waals surface area contributed by atoms with Crippen LogP contribution in [0.1, 0.15) is 20.3 Å². The molecule has 0 aliphatic heterocycles. The summed E-state index contributed by atoms with van der Waals surface area (Å²) in [5.74, 6) is -0.0113. The lowest BCUT2D eigenvalue weighted by molar-refractivity contribution is -0.384. The van der Waals surface area contributed by atoms with Crippen molar-refractivity contribution in [2.45, 2.75) is 20.3 Å². The molecular formula is C11H11ClN2O3. The van der Waals surface area contributed by atoms with Gasteiger partial charge in [-0.25, -0.2) is 0 Å². The number of Topliss-reactive ketones (excluding diaryl/α,β-unsaturated/α-hetero) is 1. The summed E-state index contributed by atoms with van der Waals surface area (Å²) in [6.07, 6.45) is 0.223. The predicted octanol–water partition coefficient (Wildman–Crippen LogP) is 3.32. The van der Waals surface area contributed by atoms with Crippen molar-refractivity contribution >= 4 is 34.5 Å². The Morgan fingerprint density at radius 1 is 1.41 bits per heavy atom. The van der Waals surface area contributed by atoms with Gasteiger partial charge in [-0.05, 0) is 19.9 Å². The molecule has 0 aliphatic rings. The van der Waals surface area contributed by atoms with Crippen LogP contribution >= 0.6 is 11.6 Å². The molecule has 0 N–H and O–H groups in total. The first kappa shape index (κ1) is 13.3. The van der Waals surface area contributed by atoms with Gasteiger partial charge in [-0.2, -0.15) is 0 Å². The van der Waals surface area contributed by atoms with Crippen molar-refractivity contribution in [3.63, 3.8) is 0 Å². The summed E-state index contributed by atoms with van der Waals surface area (Å²) < 4.78 is 0. The Labute approximate surface area is 103 Å². The molecule has 90 valence electrons. The van der Waals surface area contributed by atoms with Crippen LogP contribution in [0.2, 0.25) is 5.02 Å². The molecule has 0 bridgehead atoms. The molecule has 6 heteroatoms. The topological polar surface area (TPSA) is 72.6 Å². The summed E-state index contributed by atoms with van der Waals surface area (Å²) in [6, 6.07) is 4.08. The molecule has 1 aromatic carbocycles. The molecule has 0 heterocycles. The van der Waals surface area contributed by atoms with E-state index in [-0.39, 0.29) is 22.9 Å². The Bertz CT molecular complexity index is 497. The molecule has 5 nitrogen and oxygen atoms in total. The highest BCUT2D eigenvalue weighted by Crippen LogP contribution is 2.26. The summed E-state index contributed by atoms with van der Waals surface area (Å²) in [7, 11) is 0. The van der Waals surface area contributed by atoms with E-state index in [0.717, 1.165) is 0 Å². The van der Waals surface area contributed by atoms with Crippen LogP contribution in [0.5, 0.6) is 0 Å². The number of rotatable bonds is 4. The van der Waals surface area contributed by atoms with Crippen molar-refractivity contribution < 1.29 is 9.72 Å². The first-order chi connectivity index (χ1) is 7.88. The quantitative estimate of drug-likeness (QED) is 0.470. The minimum atomic E-state index is -0.537. The zero-order valence-electron chi connectivity index (χ0n) is 9.44. The Morgan fingerprint density at radius 3 is 2.59 bits per heavy atom. The van der Waals surface area contributed by atoms with Crippen LogP contribution in [0.4, 0.5) is 11.4 Å². The lowest BCUT2D eigenvalue weighted by atomic mass is 10.2. The number of non-ortho nitro benzene ring substituents is 1. The Hall–Kier alpha value is -1.75. The van der Waals surface area contributed by atoms with E-state index in [1.807, 2.05) is 0 Å². The Balaban J connectivity index is 3.06. The molecule has 0 saturated carbocycles. The lowest BCUT2D eigenvalue weighted by Crippen LogP contribution is -1.99. The number of nitrogens with zero attached hydrogens (tertiary/aromatic N) is 2. The second-order valence-corrected chi connectivity index (χ2v) is 4.09. The molecule has 0 atom stereocenters. The van der Waals surface area contributed by atoms with Gasteiger partial charge < -0.3 is 0 Å². The number of hydrogen-bond acceptors (Lipinski definition) is 4.